The van der Waals surface area contributed by atoms with Crippen molar-refractivity contribution in [2.45, 2.75) is 24.5 Å². The van der Waals surface area contributed by atoms with E-state index < -0.39 is 0 Å². The number of thioether (sulfide) groups is 1. The Morgan fingerprint density at radius 2 is 2.20 bits per heavy atom. The van der Waals surface area contributed by atoms with Crippen molar-refractivity contribution in [2.24, 2.45) is 10.9 Å². The molecule has 110 valence electrons. The van der Waals surface area contributed by atoms with Crippen LogP contribution in [0.1, 0.15) is 28.2 Å². The molecule has 1 saturated heterocycles. The minimum Gasteiger partial charge on any atom is -0.409 e. The Balaban J connectivity index is 2.08. The van der Waals surface area contributed by atoms with Gasteiger partial charge in [-0.15, -0.1) is 5.10 Å². The van der Waals surface area contributed by atoms with Gasteiger partial charge in [-0.3, -0.25) is 4.79 Å². The predicted octanol–water partition coefficient (Wildman–Crippen LogP) is 0.931. The average molecular weight is 315 g/mol. The third-order valence-corrected chi connectivity index (χ3v) is 5.88. The minimum atomic E-state index is -0.382. The molecule has 9 heteroatoms. The van der Waals surface area contributed by atoms with Gasteiger partial charge in [0, 0.05) is 13.1 Å². The first-order valence-corrected chi connectivity index (χ1v) is 8.15. The molecule has 20 heavy (non-hydrogen) atoms. The second-order valence-electron chi connectivity index (χ2n) is 4.66. The van der Waals surface area contributed by atoms with Gasteiger partial charge >= 0.3 is 0 Å². The van der Waals surface area contributed by atoms with Crippen molar-refractivity contribution in [1.82, 2.24) is 14.5 Å². The van der Waals surface area contributed by atoms with E-state index in [1.165, 1.54) is 0 Å². The summed E-state index contributed by atoms with van der Waals surface area (Å²) in [6, 6.07) is 0. The molecule has 0 bridgehead atoms. The zero-order chi connectivity index (χ0) is 14.8. The Morgan fingerprint density at radius 1 is 1.55 bits per heavy atom. The largest absolute Gasteiger partial charge is 0.409 e. The van der Waals surface area contributed by atoms with Gasteiger partial charge in [0.15, 0.2) is 5.84 Å². The number of amides is 1. The van der Waals surface area contributed by atoms with E-state index in [4.69, 9.17) is 10.9 Å². The van der Waals surface area contributed by atoms with Gasteiger partial charge < -0.3 is 15.8 Å². The van der Waals surface area contributed by atoms with Gasteiger partial charge in [0.05, 0.1) is 10.4 Å². The standard InChI is InChI=1S/C11H17N5O2S2/c1-7-8(20-15-13-7)9(17)16-5-3-11(19-2,4-6-16)10(12)14-18/h18H,3-6H2,1-2H3,(H2,12,14). The van der Waals surface area contributed by atoms with Crippen LogP contribution in [0.4, 0.5) is 0 Å². The van der Waals surface area contributed by atoms with Gasteiger partial charge in [0.25, 0.3) is 5.91 Å². The first-order chi connectivity index (χ1) is 9.54. The third-order valence-electron chi connectivity index (χ3n) is 3.67. The fourth-order valence-electron chi connectivity index (χ4n) is 2.30. The van der Waals surface area contributed by atoms with E-state index in [1.807, 2.05) is 6.26 Å². The van der Waals surface area contributed by atoms with Crippen LogP contribution in [0.15, 0.2) is 5.16 Å². The quantitative estimate of drug-likeness (QED) is 0.372. The molecule has 0 unspecified atom stereocenters. The Kier molecular flexibility index (Phi) is 4.48. The van der Waals surface area contributed by atoms with E-state index in [0.717, 1.165) is 11.5 Å². The van der Waals surface area contributed by atoms with Crippen molar-refractivity contribution < 1.29 is 10.0 Å². The lowest BCUT2D eigenvalue weighted by Crippen LogP contribution is -2.51. The van der Waals surface area contributed by atoms with Crippen LogP contribution in [-0.2, 0) is 0 Å². The minimum absolute atomic E-state index is 0.0355. The highest BCUT2D eigenvalue weighted by Crippen LogP contribution is 2.35. The fraction of sp³-hybridized carbons (Fsp3) is 0.636. The average Bonchev–Trinajstić information content (AvgIpc) is 2.91. The molecular weight excluding hydrogens is 298 g/mol. The topological polar surface area (TPSA) is 105 Å². The molecule has 2 rings (SSSR count). The highest BCUT2D eigenvalue weighted by molar-refractivity contribution is 8.00. The molecular formula is C11H17N5O2S2. The Bertz CT molecular complexity index is 523. The first-order valence-electron chi connectivity index (χ1n) is 6.15. The first kappa shape index (κ1) is 15.0. The number of amidine groups is 1. The van der Waals surface area contributed by atoms with Gasteiger partial charge in [-0.1, -0.05) is 9.64 Å². The highest BCUT2D eigenvalue weighted by Gasteiger charge is 2.39. The highest BCUT2D eigenvalue weighted by atomic mass is 32.2. The number of aromatic nitrogens is 2. The number of piperidine rings is 1. The molecule has 1 aromatic heterocycles. The second kappa shape index (κ2) is 5.96. The zero-order valence-electron chi connectivity index (χ0n) is 11.4. The molecule has 0 radical (unpaired) electrons. The van der Waals surface area contributed by atoms with Crippen LogP contribution in [0.25, 0.3) is 0 Å². The van der Waals surface area contributed by atoms with Crippen LogP contribution in [0.2, 0.25) is 0 Å². The zero-order valence-corrected chi connectivity index (χ0v) is 13.0. The summed E-state index contributed by atoms with van der Waals surface area (Å²) in [5.41, 5.74) is 6.46. The predicted molar refractivity (Wildman–Crippen MR) is 79.4 cm³/mol. The maximum Gasteiger partial charge on any atom is 0.267 e. The van der Waals surface area contributed by atoms with Crippen LogP contribution in [-0.4, -0.2) is 55.5 Å². The smallest absolute Gasteiger partial charge is 0.267 e. The van der Waals surface area contributed by atoms with Gasteiger partial charge in [0.1, 0.15) is 4.88 Å². The summed E-state index contributed by atoms with van der Waals surface area (Å²) in [7, 11) is 0. The van der Waals surface area contributed by atoms with Crippen LogP contribution >= 0.6 is 23.3 Å². The number of carbonyl (C=O) groups is 1. The molecule has 3 N–H and O–H groups in total. The van der Waals surface area contributed by atoms with Gasteiger partial charge in [-0.05, 0) is 37.6 Å². The number of carbonyl (C=O) groups excluding carboxylic acids is 1. The summed E-state index contributed by atoms with van der Waals surface area (Å²) in [5, 5.41) is 15.9. The number of rotatable bonds is 3. The number of oxime groups is 1. The van der Waals surface area contributed by atoms with Gasteiger partial charge in [-0.2, -0.15) is 11.8 Å². The van der Waals surface area contributed by atoms with Gasteiger partial charge in [0.2, 0.25) is 0 Å². The summed E-state index contributed by atoms with van der Waals surface area (Å²) in [6.07, 6.45) is 3.27. The molecule has 0 atom stereocenters. The van der Waals surface area contributed by atoms with Crippen molar-refractivity contribution in [1.29, 1.82) is 0 Å². The lowest BCUT2D eigenvalue weighted by molar-refractivity contribution is 0.0722. The van der Waals surface area contributed by atoms with E-state index in [9.17, 15) is 4.79 Å². The monoisotopic (exact) mass is 315 g/mol. The summed E-state index contributed by atoms with van der Waals surface area (Å²) >= 11 is 2.69. The lowest BCUT2D eigenvalue weighted by Gasteiger charge is -2.39. The summed E-state index contributed by atoms with van der Waals surface area (Å²) in [4.78, 5) is 14.7. The van der Waals surface area contributed by atoms with Crippen molar-refractivity contribution >= 4 is 35.0 Å². The van der Waals surface area contributed by atoms with Crippen molar-refractivity contribution in [2.75, 3.05) is 19.3 Å². The number of aryl methyl sites for hydroxylation is 1. The van der Waals surface area contributed by atoms with E-state index >= 15 is 0 Å². The maximum atomic E-state index is 12.4. The molecule has 1 aromatic rings. The van der Waals surface area contributed by atoms with E-state index in [1.54, 1.807) is 23.6 Å². The maximum absolute atomic E-state index is 12.4. The van der Waals surface area contributed by atoms with E-state index in [0.29, 0.717) is 36.5 Å². The normalized spacial score (nSPS) is 19.1. The van der Waals surface area contributed by atoms with Gasteiger partial charge in [-0.25, -0.2) is 0 Å². The number of hydrogen-bond acceptors (Lipinski definition) is 7. The van der Waals surface area contributed by atoms with Crippen LogP contribution in [0.5, 0.6) is 0 Å². The molecule has 1 aliphatic heterocycles. The van der Waals surface area contributed by atoms with E-state index in [-0.39, 0.29) is 16.5 Å². The summed E-state index contributed by atoms with van der Waals surface area (Å²) in [5.74, 6) is 0.194. The summed E-state index contributed by atoms with van der Waals surface area (Å²) in [6.45, 7) is 2.93. The molecule has 1 fully saturated rings. The third kappa shape index (κ3) is 2.59. The number of nitrogens with zero attached hydrogens (tertiary/aromatic N) is 4. The van der Waals surface area contributed by atoms with Crippen LogP contribution in [0, 0.1) is 6.92 Å². The number of nitrogens with two attached hydrogens (primary N) is 1. The van der Waals surface area contributed by atoms with Crippen molar-refractivity contribution in [3.63, 3.8) is 0 Å². The van der Waals surface area contributed by atoms with Crippen molar-refractivity contribution in [3.8, 4) is 0 Å². The van der Waals surface area contributed by atoms with Crippen molar-refractivity contribution in [3.05, 3.63) is 10.6 Å². The second-order valence-corrected chi connectivity index (χ2v) is 6.61. The molecule has 2 heterocycles. The van der Waals surface area contributed by atoms with Crippen LogP contribution < -0.4 is 5.73 Å². The summed E-state index contributed by atoms with van der Waals surface area (Å²) < 4.78 is 3.41. The Labute approximate surface area is 125 Å². The molecule has 1 aliphatic rings. The molecule has 7 nitrogen and oxygen atoms in total. The molecule has 0 aliphatic carbocycles. The number of hydrogen-bond donors (Lipinski definition) is 2. The molecule has 1 amide bonds. The molecule has 0 saturated carbocycles. The SMILES string of the molecule is CSC1(C(N)=NO)CCN(C(=O)c2snnc2C)CC1. The Hall–Kier alpha value is -1.35. The fourth-order valence-corrected chi connectivity index (χ4v) is 3.76. The lowest BCUT2D eigenvalue weighted by atomic mass is 9.94. The van der Waals surface area contributed by atoms with E-state index in [2.05, 4.69) is 14.7 Å². The molecule has 0 spiro atoms. The van der Waals surface area contributed by atoms with Crippen LogP contribution in [0.3, 0.4) is 0 Å². The number of likely N-dealkylation sites (tertiary alicyclic amines) is 1. The molecule has 0 aromatic carbocycles. The Morgan fingerprint density at radius 3 is 2.65 bits per heavy atom.